The van der Waals surface area contributed by atoms with E-state index in [-0.39, 0.29) is 29.3 Å². The molecule has 2 aliphatic rings. The Kier molecular flexibility index (Phi) is 5.66. The molecule has 0 aliphatic carbocycles. The van der Waals surface area contributed by atoms with Gasteiger partial charge in [0.1, 0.15) is 0 Å². The zero-order valence-electron chi connectivity index (χ0n) is 16.1. The van der Waals surface area contributed by atoms with E-state index in [0.29, 0.717) is 19.1 Å². The van der Waals surface area contributed by atoms with Crippen molar-refractivity contribution in [1.82, 2.24) is 15.5 Å². The van der Waals surface area contributed by atoms with Gasteiger partial charge >= 0.3 is 6.03 Å². The minimum absolute atomic E-state index is 0.119. The summed E-state index contributed by atoms with van der Waals surface area (Å²) in [5.74, 6) is 0.184. The van der Waals surface area contributed by atoms with Crippen LogP contribution in [-0.2, 0) is 11.3 Å². The number of ketones is 1. The van der Waals surface area contributed by atoms with E-state index in [0.717, 1.165) is 31.2 Å². The molecule has 2 aliphatic heterocycles. The van der Waals surface area contributed by atoms with Crippen molar-refractivity contribution in [3.8, 4) is 0 Å². The highest BCUT2D eigenvalue weighted by molar-refractivity contribution is 5.93. The molecule has 0 aromatic heterocycles. The molecule has 2 amide bonds. The second-order valence-corrected chi connectivity index (χ2v) is 8.61. The van der Waals surface area contributed by atoms with Gasteiger partial charge in [-0.15, -0.1) is 0 Å². The molecule has 1 unspecified atom stereocenters. The highest BCUT2D eigenvalue weighted by Crippen LogP contribution is 2.30. The number of likely N-dealkylation sites (tertiary alicyclic amines) is 1. The first-order chi connectivity index (χ1) is 12.4. The molecule has 2 heterocycles. The Bertz CT molecular complexity index is 638. The Morgan fingerprint density at radius 1 is 1.15 bits per heavy atom. The van der Waals surface area contributed by atoms with Crippen LogP contribution in [0.15, 0.2) is 30.3 Å². The molecule has 5 heteroatoms. The Labute approximate surface area is 156 Å². The van der Waals surface area contributed by atoms with Gasteiger partial charge in [-0.2, -0.15) is 0 Å². The molecule has 1 aromatic carbocycles. The maximum absolute atomic E-state index is 13.0. The fourth-order valence-corrected chi connectivity index (χ4v) is 4.06. The number of urea groups is 1. The first kappa shape index (κ1) is 18.9. The number of carbonyl (C=O) groups excluding carboxylic acids is 2. The van der Waals surface area contributed by atoms with E-state index < -0.39 is 0 Å². The molecule has 1 aromatic rings. The summed E-state index contributed by atoms with van der Waals surface area (Å²) >= 11 is 0. The predicted molar refractivity (Wildman–Crippen MR) is 103 cm³/mol. The number of rotatable bonds is 4. The molecule has 142 valence electrons. The van der Waals surface area contributed by atoms with Gasteiger partial charge in [0.15, 0.2) is 5.78 Å². The van der Waals surface area contributed by atoms with Crippen LogP contribution >= 0.6 is 0 Å². The summed E-state index contributed by atoms with van der Waals surface area (Å²) in [6.07, 6.45) is 3.56. The molecule has 2 saturated heterocycles. The summed E-state index contributed by atoms with van der Waals surface area (Å²) in [4.78, 5) is 27.4. The molecule has 0 saturated carbocycles. The summed E-state index contributed by atoms with van der Waals surface area (Å²) in [6, 6.07) is 9.67. The number of benzene rings is 1. The Morgan fingerprint density at radius 3 is 2.54 bits per heavy atom. The quantitative estimate of drug-likeness (QED) is 0.870. The Morgan fingerprint density at radius 2 is 1.88 bits per heavy atom. The van der Waals surface area contributed by atoms with Gasteiger partial charge in [0.05, 0.1) is 12.1 Å². The number of amides is 2. The monoisotopic (exact) mass is 357 g/mol. The molecule has 0 bridgehead atoms. The highest BCUT2D eigenvalue weighted by Gasteiger charge is 2.41. The van der Waals surface area contributed by atoms with Gasteiger partial charge in [-0.25, -0.2) is 4.79 Å². The molecule has 0 spiro atoms. The second-order valence-electron chi connectivity index (χ2n) is 8.61. The number of hydrogen-bond acceptors (Lipinski definition) is 3. The normalized spacial score (nSPS) is 26.1. The summed E-state index contributed by atoms with van der Waals surface area (Å²) in [5.41, 5.74) is 1.21. The van der Waals surface area contributed by atoms with Crippen LogP contribution in [0.3, 0.4) is 0 Å². The average molecular weight is 357 g/mol. The fourth-order valence-electron chi connectivity index (χ4n) is 4.06. The van der Waals surface area contributed by atoms with Gasteiger partial charge in [-0.1, -0.05) is 51.1 Å². The average Bonchev–Trinajstić information content (AvgIpc) is 3.29. The van der Waals surface area contributed by atoms with Crippen LogP contribution in [0.25, 0.3) is 0 Å². The molecular weight excluding hydrogens is 326 g/mol. The van der Waals surface area contributed by atoms with E-state index in [4.69, 9.17) is 0 Å². The third-order valence-corrected chi connectivity index (χ3v) is 5.66. The van der Waals surface area contributed by atoms with Gasteiger partial charge in [-0.3, -0.25) is 4.79 Å². The van der Waals surface area contributed by atoms with Crippen LogP contribution in [0.4, 0.5) is 4.79 Å². The van der Waals surface area contributed by atoms with Crippen LogP contribution in [0.2, 0.25) is 0 Å². The van der Waals surface area contributed by atoms with E-state index in [1.165, 1.54) is 0 Å². The number of hydrogen-bond donors (Lipinski definition) is 2. The van der Waals surface area contributed by atoms with Crippen LogP contribution in [0.1, 0.15) is 52.0 Å². The van der Waals surface area contributed by atoms with Gasteiger partial charge in [0.25, 0.3) is 0 Å². The topological polar surface area (TPSA) is 61.4 Å². The number of carbonyl (C=O) groups is 2. The lowest BCUT2D eigenvalue weighted by atomic mass is 9.86. The van der Waals surface area contributed by atoms with Gasteiger partial charge < -0.3 is 15.5 Å². The maximum atomic E-state index is 13.0. The summed E-state index contributed by atoms with van der Waals surface area (Å²) < 4.78 is 0. The molecule has 2 N–H and O–H groups in total. The molecule has 3 rings (SSSR count). The van der Waals surface area contributed by atoms with Crippen molar-refractivity contribution in [3.05, 3.63) is 35.9 Å². The standard InChI is InChI=1S/C21H31N3O2/c1-21(2,3)18-12-11-16(23-18)19(25)17-10-7-13-24(17)20(26)22-14-15-8-5-4-6-9-15/h4-6,8-9,16-18,23H,7,10-14H2,1-3H3,(H,22,26)/t16-,17+,18?/m0/s1. The third-order valence-electron chi connectivity index (χ3n) is 5.66. The highest BCUT2D eigenvalue weighted by atomic mass is 16.2. The van der Waals surface area contributed by atoms with Crippen molar-refractivity contribution in [3.63, 3.8) is 0 Å². The number of nitrogens with one attached hydrogen (secondary N) is 2. The fraction of sp³-hybridized carbons (Fsp3) is 0.619. The van der Waals surface area contributed by atoms with E-state index in [9.17, 15) is 9.59 Å². The van der Waals surface area contributed by atoms with Crippen molar-refractivity contribution in [1.29, 1.82) is 0 Å². The van der Waals surface area contributed by atoms with E-state index >= 15 is 0 Å². The van der Waals surface area contributed by atoms with Crippen LogP contribution in [0, 0.1) is 5.41 Å². The summed E-state index contributed by atoms with van der Waals surface area (Å²) in [6.45, 7) is 7.76. The minimum atomic E-state index is -0.290. The van der Waals surface area contributed by atoms with Crippen molar-refractivity contribution < 1.29 is 9.59 Å². The number of Topliss-reactive ketones (excluding diaryl/α,β-unsaturated/α-hetero) is 1. The van der Waals surface area contributed by atoms with Gasteiger partial charge in [0, 0.05) is 19.1 Å². The largest absolute Gasteiger partial charge is 0.334 e. The van der Waals surface area contributed by atoms with Crippen molar-refractivity contribution in [2.24, 2.45) is 5.41 Å². The molecule has 2 fully saturated rings. The zero-order valence-corrected chi connectivity index (χ0v) is 16.1. The van der Waals surface area contributed by atoms with Crippen LogP contribution in [0.5, 0.6) is 0 Å². The summed E-state index contributed by atoms with van der Waals surface area (Å²) in [7, 11) is 0. The van der Waals surface area contributed by atoms with Crippen molar-refractivity contribution in [2.75, 3.05) is 6.54 Å². The molecule has 5 nitrogen and oxygen atoms in total. The van der Waals surface area contributed by atoms with E-state index in [2.05, 4.69) is 31.4 Å². The number of nitrogens with zero attached hydrogens (tertiary/aromatic N) is 1. The Hall–Kier alpha value is -1.88. The van der Waals surface area contributed by atoms with E-state index in [1.54, 1.807) is 4.90 Å². The van der Waals surface area contributed by atoms with Gasteiger partial charge in [0.2, 0.25) is 0 Å². The summed E-state index contributed by atoms with van der Waals surface area (Å²) in [5, 5.41) is 6.48. The predicted octanol–water partition coefficient (Wildman–Crippen LogP) is 3.10. The van der Waals surface area contributed by atoms with Crippen LogP contribution < -0.4 is 10.6 Å². The molecular formula is C21H31N3O2. The minimum Gasteiger partial charge on any atom is -0.334 e. The zero-order chi connectivity index (χ0) is 18.7. The van der Waals surface area contributed by atoms with Gasteiger partial charge in [-0.05, 0) is 36.7 Å². The Balaban J connectivity index is 1.57. The third kappa shape index (κ3) is 4.26. The maximum Gasteiger partial charge on any atom is 0.318 e. The molecule has 26 heavy (non-hydrogen) atoms. The molecule has 0 radical (unpaired) electrons. The smallest absolute Gasteiger partial charge is 0.318 e. The molecule has 3 atom stereocenters. The second kappa shape index (κ2) is 7.78. The SMILES string of the molecule is CC(C)(C)C1CC[C@@H](C(=O)[C@H]2CCCN2C(=O)NCc2ccccc2)N1. The lowest BCUT2D eigenvalue weighted by Crippen LogP contribution is -2.51. The van der Waals surface area contributed by atoms with Crippen molar-refractivity contribution in [2.45, 2.75) is 71.1 Å². The lowest BCUT2D eigenvalue weighted by molar-refractivity contribution is -0.124. The first-order valence-electron chi connectivity index (χ1n) is 9.74. The first-order valence-corrected chi connectivity index (χ1v) is 9.74. The van der Waals surface area contributed by atoms with Crippen molar-refractivity contribution >= 4 is 11.8 Å². The van der Waals surface area contributed by atoms with Crippen LogP contribution in [-0.4, -0.2) is 41.4 Å². The van der Waals surface area contributed by atoms with E-state index in [1.807, 2.05) is 30.3 Å². The lowest BCUT2D eigenvalue weighted by Gasteiger charge is -2.29.